The van der Waals surface area contributed by atoms with Crippen molar-refractivity contribution in [1.29, 1.82) is 0 Å². The summed E-state index contributed by atoms with van der Waals surface area (Å²) in [6.07, 6.45) is 3.48. The molecule has 0 aromatic carbocycles. The summed E-state index contributed by atoms with van der Waals surface area (Å²) in [6.45, 7) is 2.91. The summed E-state index contributed by atoms with van der Waals surface area (Å²) in [5.74, 6) is 1.67. The van der Waals surface area contributed by atoms with Crippen LogP contribution in [0.1, 0.15) is 16.7 Å². The van der Waals surface area contributed by atoms with E-state index in [1.165, 1.54) is 4.88 Å². The molecule has 112 valence electrons. The van der Waals surface area contributed by atoms with Gasteiger partial charge in [0, 0.05) is 52.3 Å². The maximum absolute atomic E-state index is 5.41. The van der Waals surface area contributed by atoms with E-state index in [1.54, 1.807) is 23.7 Å². The highest BCUT2D eigenvalue weighted by Crippen LogP contribution is 2.30. The van der Waals surface area contributed by atoms with E-state index in [9.17, 15) is 0 Å². The monoisotopic (exact) mass is 376 g/mol. The van der Waals surface area contributed by atoms with Crippen LogP contribution in [0.5, 0.6) is 0 Å². The third-order valence-electron chi connectivity index (χ3n) is 3.67. The summed E-state index contributed by atoms with van der Waals surface area (Å²) < 4.78 is 6.56. The van der Waals surface area contributed by atoms with Crippen LogP contribution >= 0.6 is 27.3 Å². The molecule has 0 atom stereocenters. The lowest BCUT2D eigenvalue weighted by Gasteiger charge is -2.36. The molecule has 0 saturated carbocycles. The van der Waals surface area contributed by atoms with Crippen LogP contribution in [0, 0.1) is 0 Å². The normalized spacial score (nSPS) is 15.9. The zero-order valence-corrected chi connectivity index (χ0v) is 14.0. The molecule has 1 aliphatic heterocycles. The number of likely N-dealkylation sites (tertiary alicyclic amines) is 1. The number of rotatable bonds is 4. The number of halogens is 1. The number of nitrogens with zero attached hydrogens (tertiary/aromatic N) is 4. The predicted molar refractivity (Wildman–Crippen MR) is 87.6 cm³/mol. The highest BCUT2D eigenvalue weighted by Gasteiger charge is 2.32. The standard InChI is InChI=1S/C15H13BrN4OS/c16-12-4-13(22-9-12)8-20-6-11(7-20)15-18-14(19-21-15)10-2-1-3-17-5-10/h1-5,9,11H,6-8H2. The minimum Gasteiger partial charge on any atom is -0.339 e. The molecule has 4 rings (SSSR count). The van der Waals surface area contributed by atoms with Crippen LogP contribution in [0.3, 0.4) is 0 Å². The SMILES string of the molecule is Brc1csc(CN2CC(c3nc(-c4cccnc4)no3)C2)c1. The molecule has 1 fully saturated rings. The van der Waals surface area contributed by atoms with E-state index in [0.29, 0.717) is 11.7 Å². The highest BCUT2D eigenvalue weighted by atomic mass is 79.9. The Bertz CT molecular complexity index is 767. The fraction of sp³-hybridized carbons (Fsp3) is 0.267. The van der Waals surface area contributed by atoms with Crippen molar-refractivity contribution in [2.75, 3.05) is 13.1 Å². The fourth-order valence-electron chi connectivity index (χ4n) is 2.53. The Labute approximate surface area is 140 Å². The van der Waals surface area contributed by atoms with Gasteiger partial charge < -0.3 is 4.52 Å². The van der Waals surface area contributed by atoms with E-state index in [-0.39, 0.29) is 0 Å². The van der Waals surface area contributed by atoms with Gasteiger partial charge in [-0.1, -0.05) is 5.16 Å². The van der Waals surface area contributed by atoms with Gasteiger partial charge in [0.05, 0.1) is 5.92 Å². The average Bonchev–Trinajstić information content (AvgIpc) is 3.12. The van der Waals surface area contributed by atoms with Crippen molar-refractivity contribution in [3.8, 4) is 11.4 Å². The van der Waals surface area contributed by atoms with Crippen molar-refractivity contribution in [2.45, 2.75) is 12.5 Å². The molecular weight excluding hydrogens is 364 g/mol. The number of pyridine rings is 1. The second-order valence-electron chi connectivity index (χ2n) is 5.32. The van der Waals surface area contributed by atoms with Gasteiger partial charge >= 0.3 is 0 Å². The van der Waals surface area contributed by atoms with Gasteiger partial charge in [-0.15, -0.1) is 11.3 Å². The number of hydrogen-bond acceptors (Lipinski definition) is 6. The van der Waals surface area contributed by atoms with Crippen LogP contribution in [0.15, 0.2) is 45.0 Å². The Morgan fingerprint density at radius 3 is 3.05 bits per heavy atom. The first kappa shape index (κ1) is 14.0. The molecule has 5 nitrogen and oxygen atoms in total. The van der Waals surface area contributed by atoms with Crippen molar-refractivity contribution in [3.05, 3.63) is 51.2 Å². The van der Waals surface area contributed by atoms with Gasteiger partial charge in [0.2, 0.25) is 11.7 Å². The van der Waals surface area contributed by atoms with E-state index >= 15 is 0 Å². The lowest BCUT2D eigenvalue weighted by Crippen LogP contribution is -2.44. The Kier molecular flexibility index (Phi) is 3.77. The smallest absolute Gasteiger partial charge is 0.232 e. The van der Waals surface area contributed by atoms with Crippen LogP contribution in [-0.4, -0.2) is 33.1 Å². The summed E-state index contributed by atoms with van der Waals surface area (Å²) in [7, 11) is 0. The Morgan fingerprint density at radius 2 is 2.32 bits per heavy atom. The van der Waals surface area contributed by atoms with Crippen LogP contribution < -0.4 is 0 Å². The van der Waals surface area contributed by atoms with E-state index in [4.69, 9.17) is 4.52 Å². The molecule has 0 amide bonds. The van der Waals surface area contributed by atoms with Crippen LogP contribution in [0.4, 0.5) is 0 Å². The van der Waals surface area contributed by atoms with Gasteiger partial charge in [-0.2, -0.15) is 4.98 Å². The predicted octanol–water partition coefficient (Wildman–Crippen LogP) is 3.56. The molecule has 3 aromatic rings. The lowest BCUT2D eigenvalue weighted by atomic mass is 10.0. The lowest BCUT2D eigenvalue weighted by molar-refractivity contribution is 0.118. The first-order valence-electron chi connectivity index (χ1n) is 6.97. The van der Waals surface area contributed by atoms with Crippen molar-refractivity contribution in [3.63, 3.8) is 0 Å². The van der Waals surface area contributed by atoms with Crippen LogP contribution in [-0.2, 0) is 6.54 Å². The summed E-state index contributed by atoms with van der Waals surface area (Å²) in [6, 6.07) is 5.98. The zero-order chi connectivity index (χ0) is 14.9. The molecule has 0 bridgehead atoms. The molecule has 4 heterocycles. The first-order chi connectivity index (χ1) is 10.8. The molecule has 0 N–H and O–H groups in total. The van der Waals surface area contributed by atoms with Crippen molar-refractivity contribution < 1.29 is 4.52 Å². The molecule has 1 saturated heterocycles. The van der Waals surface area contributed by atoms with E-state index in [1.807, 2.05) is 12.1 Å². The van der Waals surface area contributed by atoms with Gasteiger partial charge in [-0.3, -0.25) is 9.88 Å². The molecule has 0 unspecified atom stereocenters. The van der Waals surface area contributed by atoms with E-state index in [0.717, 1.165) is 35.6 Å². The molecule has 0 aliphatic carbocycles. The molecule has 22 heavy (non-hydrogen) atoms. The van der Waals surface area contributed by atoms with Crippen LogP contribution in [0.25, 0.3) is 11.4 Å². The third-order valence-corrected chi connectivity index (χ3v) is 5.35. The molecule has 0 radical (unpaired) electrons. The Balaban J connectivity index is 1.38. The molecular formula is C15H13BrN4OS. The number of thiophene rings is 1. The summed E-state index contributed by atoms with van der Waals surface area (Å²) >= 11 is 5.27. The van der Waals surface area contributed by atoms with E-state index < -0.39 is 0 Å². The topological polar surface area (TPSA) is 55.1 Å². The minimum atomic E-state index is 0.335. The number of aromatic nitrogens is 3. The Hall–Kier alpha value is -1.57. The maximum Gasteiger partial charge on any atom is 0.232 e. The average molecular weight is 377 g/mol. The van der Waals surface area contributed by atoms with E-state index in [2.05, 4.69) is 47.4 Å². The largest absolute Gasteiger partial charge is 0.339 e. The van der Waals surface area contributed by atoms with Gasteiger partial charge in [0.1, 0.15) is 0 Å². The van der Waals surface area contributed by atoms with Gasteiger partial charge in [-0.05, 0) is 34.1 Å². The second-order valence-corrected chi connectivity index (χ2v) is 7.23. The van der Waals surface area contributed by atoms with Crippen molar-refractivity contribution >= 4 is 27.3 Å². The Morgan fingerprint density at radius 1 is 1.41 bits per heavy atom. The first-order valence-corrected chi connectivity index (χ1v) is 8.64. The summed E-state index contributed by atoms with van der Waals surface area (Å²) in [5, 5.41) is 6.17. The highest BCUT2D eigenvalue weighted by molar-refractivity contribution is 9.10. The minimum absolute atomic E-state index is 0.335. The van der Waals surface area contributed by atoms with Gasteiger partial charge in [0.15, 0.2) is 0 Å². The fourth-order valence-corrected chi connectivity index (χ4v) is 4.02. The maximum atomic E-state index is 5.41. The van der Waals surface area contributed by atoms with Crippen molar-refractivity contribution in [2.24, 2.45) is 0 Å². The van der Waals surface area contributed by atoms with Gasteiger partial charge in [0.25, 0.3) is 0 Å². The number of hydrogen-bond donors (Lipinski definition) is 0. The second kappa shape index (κ2) is 5.91. The quantitative estimate of drug-likeness (QED) is 0.696. The molecule has 3 aromatic heterocycles. The molecule has 1 aliphatic rings. The summed E-state index contributed by atoms with van der Waals surface area (Å²) in [4.78, 5) is 12.3. The zero-order valence-electron chi connectivity index (χ0n) is 11.6. The van der Waals surface area contributed by atoms with Crippen molar-refractivity contribution in [1.82, 2.24) is 20.0 Å². The molecule has 0 spiro atoms. The third kappa shape index (κ3) is 2.84. The summed E-state index contributed by atoms with van der Waals surface area (Å²) in [5.41, 5.74) is 0.886. The van der Waals surface area contributed by atoms with Gasteiger partial charge in [-0.25, -0.2) is 0 Å². The van der Waals surface area contributed by atoms with Crippen LogP contribution in [0.2, 0.25) is 0 Å². The molecule has 7 heteroatoms.